The van der Waals surface area contributed by atoms with Crippen LogP contribution in [-0.2, 0) is 16.6 Å². The van der Waals surface area contributed by atoms with Crippen molar-refractivity contribution in [2.24, 2.45) is 5.10 Å². The lowest BCUT2D eigenvalue weighted by molar-refractivity contribution is -0.120. The van der Waals surface area contributed by atoms with Gasteiger partial charge >= 0.3 is 5.97 Å². The van der Waals surface area contributed by atoms with Crippen molar-refractivity contribution in [1.82, 2.24) is 5.43 Å². The van der Waals surface area contributed by atoms with Crippen LogP contribution in [0.4, 0.5) is 0 Å². The number of hydrazone groups is 1. The lowest BCUT2D eigenvalue weighted by Crippen LogP contribution is -2.20. The Morgan fingerprint density at radius 2 is 1.81 bits per heavy atom. The average Bonchev–Trinajstić information content (AvgIpc) is 3.16. The Hall–Kier alpha value is -3.38. The van der Waals surface area contributed by atoms with E-state index in [0.717, 1.165) is 5.56 Å². The van der Waals surface area contributed by atoms with Crippen molar-refractivity contribution in [2.75, 3.05) is 0 Å². The summed E-state index contributed by atoms with van der Waals surface area (Å²) in [4.78, 5) is 23.4. The topological polar surface area (TPSA) is 91.9 Å². The van der Waals surface area contributed by atoms with Gasteiger partial charge in [-0.2, -0.15) is 5.10 Å². The van der Waals surface area contributed by atoms with Crippen LogP contribution in [0.3, 0.4) is 0 Å². The minimum atomic E-state index is -1.11. The second kappa shape index (κ2) is 9.18. The van der Waals surface area contributed by atoms with Gasteiger partial charge in [0.1, 0.15) is 11.5 Å². The normalized spacial score (nSPS) is 11.6. The highest BCUT2D eigenvalue weighted by Crippen LogP contribution is 2.26. The summed E-state index contributed by atoms with van der Waals surface area (Å²) in [6.07, 6.45) is 1.60. The Balaban J connectivity index is 1.60. The zero-order valence-electron chi connectivity index (χ0n) is 17.5. The molecular weight excluding hydrogens is 416 g/mol. The van der Waals surface area contributed by atoms with E-state index in [2.05, 4.69) is 31.3 Å². The van der Waals surface area contributed by atoms with E-state index in [4.69, 9.17) is 16.0 Å². The maximum atomic E-state index is 12.1. The monoisotopic (exact) mass is 438 g/mol. The molecule has 0 saturated heterocycles. The summed E-state index contributed by atoms with van der Waals surface area (Å²) in [5.41, 5.74) is 5.22. The van der Waals surface area contributed by atoms with Crippen LogP contribution in [0.1, 0.15) is 48.0 Å². The first kappa shape index (κ1) is 22.3. The molecule has 160 valence electrons. The Kier molecular flexibility index (Phi) is 6.61. The van der Waals surface area contributed by atoms with Crippen molar-refractivity contribution in [3.8, 4) is 11.3 Å². The maximum Gasteiger partial charge on any atom is 0.337 e. The fourth-order valence-corrected chi connectivity index (χ4v) is 3.13. The number of halogens is 1. The fraction of sp³-hybridized carbons (Fsp3) is 0.208. The number of rotatable bonds is 6. The average molecular weight is 439 g/mol. The molecule has 2 N–H and O–H groups in total. The molecule has 1 amide bonds. The largest absolute Gasteiger partial charge is 0.478 e. The molecule has 0 radical (unpaired) electrons. The van der Waals surface area contributed by atoms with Crippen LogP contribution in [0.25, 0.3) is 11.3 Å². The van der Waals surface area contributed by atoms with Crippen LogP contribution in [0.15, 0.2) is 64.1 Å². The van der Waals surface area contributed by atoms with Gasteiger partial charge in [0.15, 0.2) is 0 Å². The molecule has 0 aliphatic rings. The third-order valence-electron chi connectivity index (χ3n) is 4.67. The molecule has 1 heterocycles. The van der Waals surface area contributed by atoms with Crippen LogP contribution in [-0.4, -0.2) is 23.2 Å². The molecule has 0 bridgehead atoms. The number of nitrogens with zero attached hydrogens (tertiary/aromatic N) is 1. The zero-order chi connectivity index (χ0) is 22.6. The lowest BCUT2D eigenvalue weighted by atomic mass is 9.86. The van der Waals surface area contributed by atoms with E-state index in [1.165, 1.54) is 23.9 Å². The number of hydrogen-bond donors (Lipinski definition) is 2. The Bertz CT molecular complexity index is 1130. The molecule has 7 heteroatoms. The maximum absolute atomic E-state index is 12.1. The molecule has 0 saturated carbocycles. The van der Waals surface area contributed by atoms with Gasteiger partial charge in [-0.3, -0.25) is 4.79 Å². The van der Waals surface area contributed by atoms with Crippen molar-refractivity contribution in [1.29, 1.82) is 0 Å². The predicted molar refractivity (Wildman–Crippen MR) is 121 cm³/mol. The summed E-state index contributed by atoms with van der Waals surface area (Å²) in [5, 5.41) is 13.3. The smallest absolute Gasteiger partial charge is 0.337 e. The van der Waals surface area contributed by atoms with Crippen molar-refractivity contribution in [3.05, 3.63) is 82.1 Å². The third kappa shape index (κ3) is 5.83. The van der Waals surface area contributed by atoms with Gasteiger partial charge < -0.3 is 9.52 Å². The molecule has 0 atom stereocenters. The van der Waals surface area contributed by atoms with Crippen LogP contribution < -0.4 is 5.43 Å². The number of carbonyl (C=O) groups is 2. The second-order valence-electron chi connectivity index (χ2n) is 8.12. The summed E-state index contributed by atoms with van der Waals surface area (Å²) in [5.74, 6) is -0.478. The number of carboxylic acids is 1. The Morgan fingerprint density at radius 3 is 2.45 bits per heavy atom. The van der Waals surface area contributed by atoms with Crippen molar-refractivity contribution < 1.29 is 19.1 Å². The molecule has 1 aromatic heterocycles. The van der Waals surface area contributed by atoms with Crippen LogP contribution in [0, 0.1) is 0 Å². The molecule has 0 aliphatic heterocycles. The molecule has 0 fully saturated rings. The number of hydrogen-bond acceptors (Lipinski definition) is 4. The highest BCUT2D eigenvalue weighted by atomic mass is 35.5. The molecule has 3 aromatic rings. The zero-order valence-corrected chi connectivity index (χ0v) is 18.2. The quantitative estimate of drug-likeness (QED) is 0.404. The molecule has 2 aromatic carbocycles. The van der Waals surface area contributed by atoms with Gasteiger partial charge in [-0.25, -0.2) is 10.2 Å². The number of benzene rings is 2. The van der Waals surface area contributed by atoms with Gasteiger partial charge in [-0.05, 0) is 46.9 Å². The lowest BCUT2D eigenvalue weighted by Gasteiger charge is -2.19. The molecule has 0 spiro atoms. The van der Waals surface area contributed by atoms with Gasteiger partial charge in [0.2, 0.25) is 5.91 Å². The first-order valence-corrected chi connectivity index (χ1v) is 10.1. The molecule has 3 rings (SSSR count). The first-order chi connectivity index (χ1) is 14.6. The summed E-state index contributed by atoms with van der Waals surface area (Å²) < 4.78 is 5.65. The highest BCUT2D eigenvalue weighted by molar-refractivity contribution is 6.33. The van der Waals surface area contributed by atoms with E-state index in [1.807, 2.05) is 24.3 Å². The molecule has 31 heavy (non-hydrogen) atoms. The number of carboxylic acid groups (broad SMARTS) is 1. The summed E-state index contributed by atoms with van der Waals surface area (Å²) in [7, 11) is 0. The van der Waals surface area contributed by atoms with E-state index < -0.39 is 5.97 Å². The van der Waals surface area contributed by atoms with Gasteiger partial charge in [0.25, 0.3) is 0 Å². The fourth-order valence-electron chi connectivity index (χ4n) is 2.94. The summed E-state index contributed by atoms with van der Waals surface area (Å²) in [6, 6.07) is 15.9. The van der Waals surface area contributed by atoms with E-state index in [1.54, 1.807) is 18.2 Å². The van der Waals surface area contributed by atoms with Crippen molar-refractivity contribution in [2.45, 2.75) is 32.6 Å². The van der Waals surface area contributed by atoms with Gasteiger partial charge in [0, 0.05) is 5.56 Å². The third-order valence-corrected chi connectivity index (χ3v) is 5.00. The Labute approximate surface area is 185 Å². The number of furan rings is 1. The summed E-state index contributed by atoms with van der Waals surface area (Å²) >= 11 is 5.89. The number of aromatic carboxylic acids is 1. The first-order valence-electron chi connectivity index (χ1n) is 9.68. The van der Waals surface area contributed by atoms with Gasteiger partial charge in [-0.1, -0.05) is 56.6 Å². The number of carbonyl (C=O) groups excluding carboxylic acids is 1. The van der Waals surface area contributed by atoms with Crippen LogP contribution >= 0.6 is 11.6 Å². The van der Waals surface area contributed by atoms with Crippen molar-refractivity contribution in [3.63, 3.8) is 0 Å². The minimum Gasteiger partial charge on any atom is -0.478 e. The predicted octanol–water partition coefficient (Wildman–Crippen LogP) is 5.29. The Morgan fingerprint density at radius 1 is 1.10 bits per heavy atom. The van der Waals surface area contributed by atoms with E-state index >= 15 is 0 Å². The molecule has 6 nitrogen and oxygen atoms in total. The number of nitrogens with one attached hydrogen (secondary N) is 1. The molecule has 0 aliphatic carbocycles. The van der Waals surface area contributed by atoms with Crippen molar-refractivity contribution >= 4 is 29.7 Å². The molecule has 0 unspecified atom stereocenters. The number of amides is 1. The van der Waals surface area contributed by atoms with E-state index in [-0.39, 0.29) is 28.3 Å². The SMILES string of the molecule is CC(C)(C)c1ccc(CC(=O)N/N=C\c2ccc(-c3ccc(Cl)c(C(=O)O)c3)o2)cc1. The van der Waals surface area contributed by atoms with E-state index in [9.17, 15) is 14.7 Å². The summed E-state index contributed by atoms with van der Waals surface area (Å²) in [6.45, 7) is 6.42. The van der Waals surface area contributed by atoms with Gasteiger partial charge in [-0.15, -0.1) is 0 Å². The van der Waals surface area contributed by atoms with Crippen LogP contribution in [0.5, 0.6) is 0 Å². The highest BCUT2D eigenvalue weighted by Gasteiger charge is 2.14. The van der Waals surface area contributed by atoms with Gasteiger partial charge in [0.05, 0.1) is 23.2 Å². The standard InChI is InChI=1S/C24H23ClN2O4/c1-24(2,3)17-7-4-15(5-8-17)12-22(28)27-26-14-18-9-11-21(31-18)16-6-10-20(25)19(13-16)23(29)30/h4-11,13-14H,12H2,1-3H3,(H,27,28)(H,29,30)/b26-14-. The van der Waals surface area contributed by atoms with Crippen LogP contribution in [0.2, 0.25) is 5.02 Å². The van der Waals surface area contributed by atoms with E-state index in [0.29, 0.717) is 17.1 Å². The molecular formula is C24H23ClN2O4. The second-order valence-corrected chi connectivity index (χ2v) is 8.53. The minimum absolute atomic E-state index is 0.00594.